The van der Waals surface area contributed by atoms with E-state index < -0.39 is 24.4 Å². The van der Waals surface area contributed by atoms with Gasteiger partial charge in [0.2, 0.25) is 5.91 Å². The first kappa shape index (κ1) is 19.9. The standard InChI is InChI=1S/C21H21ClN2O4/c1-13-7-8-16(10-17(13)22)23-19(25)12-28-21(27)15-9-20(26)24(11-15)18-6-4-3-5-14(18)2/h3-8,10,15H,9,11-12H2,1-2H3,(H,23,25)/t15-/m0/s1. The lowest BCUT2D eigenvalue weighted by atomic mass is 10.1. The van der Waals surface area contributed by atoms with Gasteiger partial charge in [-0.25, -0.2) is 0 Å². The van der Waals surface area contributed by atoms with Crippen LogP contribution in [0.25, 0.3) is 0 Å². The predicted octanol–water partition coefficient (Wildman–Crippen LogP) is 3.49. The van der Waals surface area contributed by atoms with Gasteiger partial charge in [0.15, 0.2) is 6.61 Å². The van der Waals surface area contributed by atoms with Crippen LogP contribution in [0.3, 0.4) is 0 Å². The van der Waals surface area contributed by atoms with Gasteiger partial charge in [-0.1, -0.05) is 35.9 Å². The van der Waals surface area contributed by atoms with E-state index in [2.05, 4.69) is 5.32 Å². The Morgan fingerprint density at radius 3 is 2.64 bits per heavy atom. The SMILES string of the molecule is Cc1ccc(NC(=O)COC(=O)[C@H]2CC(=O)N(c3ccccc3C)C2)cc1Cl. The van der Waals surface area contributed by atoms with Crippen molar-refractivity contribution in [2.24, 2.45) is 5.92 Å². The molecular formula is C21H21ClN2O4. The van der Waals surface area contributed by atoms with E-state index >= 15 is 0 Å². The van der Waals surface area contributed by atoms with Crippen molar-refractivity contribution in [2.45, 2.75) is 20.3 Å². The fourth-order valence-electron chi connectivity index (χ4n) is 3.09. The number of hydrogen-bond donors (Lipinski definition) is 1. The monoisotopic (exact) mass is 400 g/mol. The van der Waals surface area contributed by atoms with Crippen LogP contribution in [0, 0.1) is 19.8 Å². The van der Waals surface area contributed by atoms with Crippen LogP contribution in [0.1, 0.15) is 17.5 Å². The summed E-state index contributed by atoms with van der Waals surface area (Å²) in [7, 11) is 0. The lowest BCUT2D eigenvalue weighted by Crippen LogP contribution is -2.28. The summed E-state index contributed by atoms with van der Waals surface area (Å²) in [5.41, 5.74) is 3.17. The number of anilines is 2. The van der Waals surface area contributed by atoms with E-state index in [-0.39, 0.29) is 18.9 Å². The number of amides is 2. The Bertz CT molecular complexity index is 928. The first-order valence-electron chi connectivity index (χ1n) is 8.94. The molecule has 7 heteroatoms. The number of para-hydroxylation sites is 1. The number of nitrogens with zero attached hydrogens (tertiary/aromatic N) is 1. The third-order valence-electron chi connectivity index (χ3n) is 4.67. The summed E-state index contributed by atoms with van der Waals surface area (Å²) in [5, 5.41) is 3.17. The zero-order valence-corrected chi connectivity index (χ0v) is 16.5. The van der Waals surface area contributed by atoms with Crippen molar-refractivity contribution in [3.8, 4) is 0 Å². The third kappa shape index (κ3) is 4.51. The highest BCUT2D eigenvalue weighted by Gasteiger charge is 2.36. The molecule has 0 unspecified atom stereocenters. The molecule has 2 aromatic carbocycles. The summed E-state index contributed by atoms with van der Waals surface area (Å²) in [6.45, 7) is 3.60. The van der Waals surface area contributed by atoms with E-state index in [1.807, 2.05) is 38.1 Å². The summed E-state index contributed by atoms with van der Waals surface area (Å²) in [6, 6.07) is 12.6. The number of carbonyl (C=O) groups excluding carboxylic acids is 3. The Morgan fingerprint density at radius 1 is 1.18 bits per heavy atom. The molecule has 2 amide bonds. The lowest BCUT2D eigenvalue weighted by molar-refractivity contribution is -0.151. The van der Waals surface area contributed by atoms with Gasteiger partial charge in [0.1, 0.15) is 0 Å². The molecule has 0 aromatic heterocycles. The quantitative estimate of drug-likeness (QED) is 0.779. The van der Waals surface area contributed by atoms with E-state index in [1.54, 1.807) is 23.1 Å². The highest BCUT2D eigenvalue weighted by molar-refractivity contribution is 6.31. The minimum absolute atomic E-state index is 0.0718. The number of nitrogens with one attached hydrogen (secondary N) is 1. The zero-order valence-electron chi connectivity index (χ0n) is 15.7. The highest BCUT2D eigenvalue weighted by Crippen LogP contribution is 2.28. The Labute approximate surface area is 168 Å². The maximum Gasteiger partial charge on any atom is 0.311 e. The van der Waals surface area contributed by atoms with E-state index in [0.717, 1.165) is 16.8 Å². The van der Waals surface area contributed by atoms with Crippen molar-refractivity contribution < 1.29 is 19.1 Å². The molecule has 1 atom stereocenters. The Morgan fingerprint density at radius 2 is 1.93 bits per heavy atom. The van der Waals surface area contributed by atoms with Crippen molar-refractivity contribution >= 4 is 40.8 Å². The fourth-order valence-corrected chi connectivity index (χ4v) is 3.27. The van der Waals surface area contributed by atoms with Gasteiger partial charge >= 0.3 is 5.97 Å². The number of esters is 1. The molecule has 6 nitrogen and oxygen atoms in total. The van der Waals surface area contributed by atoms with Crippen LogP contribution in [0.5, 0.6) is 0 Å². The van der Waals surface area contributed by atoms with Gasteiger partial charge in [-0.2, -0.15) is 0 Å². The van der Waals surface area contributed by atoms with Gasteiger partial charge in [0, 0.05) is 29.4 Å². The van der Waals surface area contributed by atoms with Gasteiger partial charge in [0.05, 0.1) is 5.92 Å². The zero-order chi connectivity index (χ0) is 20.3. The number of aryl methyl sites for hydroxylation is 2. The largest absolute Gasteiger partial charge is 0.455 e. The van der Waals surface area contributed by atoms with Crippen LogP contribution in [0.2, 0.25) is 5.02 Å². The highest BCUT2D eigenvalue weighted by atomic mass is 35.5. The smallest absolute Gasteiger partial charge is 0.311 e. The molecular weight excluding hydrogens is 380 g/mol. The third-order valence-corrected chi connectivity index (χ3v) is 5.07. The number of carbonyl (C=O) groups is 3. The molecule has 1 N–H and O–H groups in total. The molecule has 0 aliphatic carbocycles. The Balaban J connectivity index is 1.54. The molecule has 0 saturated carbocycles. The second kappa shape index (κ2) is 8.44. The van der Waals surface area contributed by atoms with Crippen LogP contribution in [-0.2, 0) is 19.1 Å². The van der Waals surface area contributed by atoms with Crippen LogP contribution < -0.4 is 10.2 Å². The molecule has 1 saturated heterocycles. The van der Waals surface area contributed by atoms with Crippen molar-refractivity contribution in [3.05, 3.63) is 58.6 Å². The van der Waals surface area contributed by atoms with Crippen LogP contribution in [-0.4, -0.2) is 30.9 Å². The van der Waals surface area contributed by atoms with Gasteiger partial charge in [0.25, 0.3) is 5.91 Å². The van der Waals surface area contributed by atoms with Gasteiger partial charge in [-0.3, -0.25) is 14.4 Å². The molecule has 0 spiro atoms. The lowest BCUT2D eigenvalue weighted by Gasteiger charge is -2.18. The van der Waals surface area contributed by atoms with Crippen molar-refractivity contribution in [2.75, 3.05) is 23.4 Å². The van der Waals surface area contributed by atoms with E-state index in [9.17, 15) is 14.4 Å². The van der Waals surface area contributed by atoms with E-state index in [4.69, 9.17) is 16.3 Å². The molecule has 1 aliphatic rings. The topological polar surface area (TPSA) is 75.7 Å². The first-order chi connectivity index (χ1) is 13.3. The predicted molar refractivity (Wildman–Crippen MR) is 107 cm³/mol. The summed E-state index contributed by atoms with van der Waals surface area (Å²) in [5.74, 6) is -1.74. The molecule has 3 rings (SSSR count). The van der Waals surface area contributed by atoms with Crippen LogP contribution >= 0.6 is 11.6 Å². The Hall–Kier alpha value is -2.86. The average molecular weight is 401 g/mol. The van der Waals surface area contributed by atoms with Crippen molar-refractivity contribution in [3.63, 3.8) is 0 Å². The van der Waals surface area contributed by atoms with Gasteiger partial charge < -0.3 is 15.0 Å². The van der Waals surface area contributed by atoms with Crippen molar-refractivity contribution in [1.82, 2.24) is 0 Å². The summed E-state index contributed by atoms with van der Waals surface area (Å²) >= 11 is 6.03. The molecule has 146 valence electrons. The minimum Gasteiger partial charge on any atom is -0.455 e. The maximum absolute atomic E-state index is 12.3. The van der Waals surface area contributed by atoms with E-state index in [1.165, 1.54) is 0 Å². The molecule has 1 heterocycles. The average Bonchev–Trinajstić information content (AvgIpc) is 3.05. The molecule has 28 heavy (non-hydrogen) atoms. The minimum atomic E-state index is -0.589. The maximum atomic E-state index is 12.3. The normalized spacial score (nSPS) is 16.2. The van der Waals surface area contributed by atoms with E-state index in [0.29, 0.717) is 10.7 Å². The second-order valence-corrected chi connectivity index (χ2v) is 7.22. The van der Waals surface area contributed by atoms with Crippen LogP contribution in [0.4, 0.5) is 11.4 Å². The summed E-state index contributed by atoms with van der Waals surface area (Å²) < 4.78 is 5.11. The first-order valence-corrected chi connectivity index (χ1v) is 9.31. The molecule has 0 radical (unpaired) electrons. The molecule has 1 fully saturated rings. The number of ether oxygens (including phenoxy) is 1. The second-order valence-electron chi connectivity index (χ2n) is 6.81. The van der Waals surface area contributed by atoms with Gasteiger partial charge in [-0.05, 0) is 43.2 Å². The number of rotatable bonds is 5. The number of halogens is 1. The molecule has 2 aromatic rings. The molecule has 0 bridgehead atoms. The number of benzene rings is 2. The van der Waals surface area contributed by atoms with Crippen molar-refractivity contribution in [1.29, 1.82) is 0 Å². The van der Waals surface area contributed by atoms with Gasteiger partial charge in [-0.15, -0.1) is 0 Å². The number of hydrogen-bond acceptors (Lipinski definition) is 4. The van der Waals surface area contributed by atoms with Crippen LogP contribution in [0.15, 0.2) is 42.5 Å². The Kier molecular flexibility index (Phi) is 5.99. The fraction of sp³-hybridized carbons (Fsp3) is 0.286. The summed E-state index contributed by atoms with van der Waals surface area (Å²) in [4.78, 5) is 38.2. The molecule has 1 aliphatic heterocycles. The summed E-state index contributed by atoms with van der Waals surface area (Å²) in [6.07, 6.45) is 0.0718.